The minimum absolute atomic E-state index is 0.120. The van der Waals surface area contributed by atoms with Gasteiger partial charge in [-0.2, -0.15) is 5.10 Å². The fraction of sp³-hybridized carbons (Fsp3) is 0.438. The Bertz CT molecular complexity index is 513. The summed E-state index contributed by atoms with van der Waals surface area (Å²) in [4.78, 5) is 0. The van der Waals surface area contributed by atoms with E-state index in [1.807, 2.05) is 12.1 Å². The van der Waals surface area contributed by atoms with Crippen LogP contribution in [0.2, 0.25) is 5.02 Å². The van der Waals surface area contributed by atoms with Gasteiger partial charge in [-0.05, 0) is 42.4 Å². The van der Waals surface area contributed by atoms with Crippen LogP contribution in [0.15, 0.2) is 42.1 Å². The smallest absolute Gasteiger partial charge is 0.112 e. The number of hydrogen-bond donors (Lipinski definition) is 2. The Labute approximate surface area is 130 Å². The van der Waals surface area contributed by atoms with E-state index in [9.17, 15) is 5.11 Å². The van der Waals surface area contributed by atoms with Crippen LogP contribution in [0.5, 0.6) is 0 Å². The van der Waals surface area contributed by atoms with Gasteiger partial charge in [0.1, 0.15) is 11.9 Å². The molecule has 0 amide bonds. The zero-order valence-electron chi connectivity index (χ0n) is 12.2. The van der Waals surface area contributed by atoms with Crippen molar-refractivity contribution in [2.24, 2.45) is 22.7 Å². The van der Waals surface area contributed by atoms with E-state index in [-0.39, 0.29) is 5.92 Å². The molecule has 3 N–H and O–H groups in total. The maximum absolute atomic E-state index is 11.3. The quantitative estimate of drug-likeness (QED) is 0.462. The second-order valence-electron chi connectivity index (χ2n) is 5.60. The number of benzene rings is 1. The van der Waals surface area contributed by atoms with E-state index < -0.39 is 5.60 Å². The van der Waals surface area contributed by atoms with Gasteiger partial charge in [0.15, 0.2) is 0 Å². The molecule has 0 radical (unpaired) electrons. The molecule has 0 bridgehead atoms. The van der Waals surface area contributed by atoms with Gasteiger partial charge in [-0.1, -0.05) is 37.2 Å². The molecule has 21 heavy (non-hydrogen) atoms. The van der Waals surface area contributed by atoms with Crippen molar-refractivity contribution >= 4 is 17.9 Å². The van der Waals surface area contributed by atoms with Crippen molar-refractivity contribution in [1.82, 2.24) is 5.01 Å². The largest absolute Gasteiger partial charge is 0.388 e. The maximum atomic E-state index is 11.3. The number of hydrogen-bond acceptors (Lipinski definition) is 3. The summed E-state index contributed by atoms with van der Waals surface area (Å²) in [7, 11) is 0. The fourth-order valence-electron chi connectivity index (χ4n) is 2.71. The third kappa shape index (κ3) is 3.57. The highest BCUT2D eigenvalue weighted by Gasteiger charge is 2.44. The summed E-state index contributed by atoms with van der Waals surface area (Å²) in [5, 5.41) is 17.6. The first-order valence-electron chi connectivity index (χ1n) is 7.13. The highest BCUT2D eigenvalue weighted by Crippen LogP contribution is 2.46. The number of hydrazone groups is 1. The number of nitrogens with two attached hydrogens (primary N) is 1. The molecule has 2 atom stereocenters. The van der Waals surface area contributed by atoms with E-state index in [1.165, 1.54) is 6.34 Å². The molecule has 1 fully saturated rings. The maximum Gasteiger partial charge on any atom is 0.112 e. The van der Waals surface area contributed by atoms with E-state index in [0.717, 1.165) is 18.4 Å². The number of nitrogens with zero attached hydrogens (tertiary/aromatic N) is 2. The van der Waals surface area contributed by atoms with E-state index in [2.05, 4.69) is 18.6 Å². The average molecular weight is 308 g/mol. The minimum atomic E-state index is -1.02. The van der Waals surface area contributed by atoms with Gasteiger partial charge in [0.05, 0.1) is 6.54 Å². The Balaban J connectivity index is 2.33. The third-order valence-electron chi connectivity index (χ3n) is 4.26. The average Bonchev–Trinajstić information content (AvgIpc) is 3.31. The predicted molar refractivity (Wildman–Crippen MR) is 86.8 cm³/mol. The van der Waals surface area contributed by atoms with Crippen molar-refractivity contribution in [3.05, 3.63) is 47.6 Å². The summed E-state index contributed by atoms with van der Waals surface area (Å²) in [5.74, 6) is 0.660. The summed E-state index contributed by atoms with van der Waals surface area (Å²) in [6.45, 7) is 6.11. The van der Waals surface area contributed by atoms with Gasteiger partial charge < -0.3 is 10.8 Å². The number of rotatable bonds is 7. The summed E-state index contributed by atoms with van der Waals surface area (Å²) in [6.07, 6.45) is 5.08. The lowest BCUT2D eigenvalue weighted by molar-refractivity contribution is -0.0448. The van der Waals surface area contributed by atoms with Crippen molar-refractivity contribution in [1.29, 1.82) is 0 Å². The molecule has 0 saturated heterocycles. The van der Waals surface area contributed by atoms with E-state index in [4.69, 9.17) is 17.3 Å². The van der Waals surface area contributed by atoms with Crippen molar-refractivity contribution < 1.29 is 5.11 Å². The molecule has 1 saturated carbocycles. The molecule has 0 aliphatic heterocycles. The molecule has 0 aromatic heterocycles. The van der Waals surface area contributed by atoms with Gasteiger partial charge in [-0.25, -0.2) is 0 Å². The first-order valence-corrected chi connectivity index (χ1v) is 7.51. The van der Waals surface area contributed by atoms with Crippen LogP contribution in [0, 0.1) is 11.8 Å². The number of aliphatic hydroxyl groups is 1. The van der Waals surface area contributed by atoms with Crippen molar-refractivity contribution in [2.45, 2.75) is 25.4 Å². The Morgan fingerprint density at radius 2 is 2.14 bits per heavy atom. The SMILES string of the molecule is C=CN(CC(O)(c1ccc(Cl)cc1)C(C)C1CC1)/N=C\N. The first-order chi connectivity index (χ1) is 10.0. The molecule has 1 aromatic carbocycles. The van der Waals surface area contributed by atoms with Gasteiger partial charge in [0.2, 0.25) is 0 Å². The highest BCUT2D eigenvalue weighted by molar-refractivity contribution is 6.30. The molecule has 4 nitrogen and oxygen atoms in total. The lowest BCUT2D eigenvalue weighted by Crippen LogP contribution is -2.43. The zero-order chi connectivity index (χ0) is 15.5. The zero-order valence-corrected chi connectivity index (χ0v) is 13.0. The van der Waals surface area contributed by atoms with Crippen LogP contribution in [0.1, 0.15) is 25.3 Å². The summed E-state index contributed by atoms with van der Waals surface area (Å²) in [5.41, 5.74) is 5.17. The molecular formula is C16H22ClN3O. The highest BCUT2D eigenvalue weighted by atomic mass is 35.5. The Morgan fingerprint density at radius 1 is 1.52 bits per heavy atom. The van der Waals surface area contributed by atoms with Gasteiger partial charge >= 0.3 is 0 Å². The lowest BCUT2D eigenvalue weighted by atomic mass is 9.79. The Kier molecular flexibility index (Phi) is 4.91. The second-order valence-corrected chi connectivity index (χ2v) is 6.04. The van der Waals surface area contributed by atoms with Crippen molar-refractivity contribution in [3.8, 4) is 0 Å². The van der Waals surface area contributed by atoms with Crippen LogP contribution in [0.25, 0.3) is 0 Å². The standard InChI is InChI=1S/C16H22ClN3O/c1-3-20(19-11-18)10-16(21,12(2)13-4-5-13)14-6-8-15(17)9-7-14/h3,6-9,11-13,21H,1,4-5,10H2,2H3,(H2,18,19). The van der Waals surface area contributed by atoms with Crippen molar-refractivity contribution in [3.63, 3.8) is 0 Å². The topological polar surface area (TPSA) is 61.8 Å². The van der Waals surface area contributed by atoms with Crippen LogP contribution in [-0.4, -0.2) is 23.0 Å². The van der Waals surface area contributed by atoms with Gasteiger partial charge in [0, 0.05) is 11.2 Å². The molecule has 2 unspecified atom stereocenters. The van der Waals surface area contributed by atoms with Gasteiger partial charge in [-0.15, -0.1) is 0 Å². The normalized spacial score (nSPS) is 19.2. The van der Waals surface area contributed by atoms with E-state index >= 15 is 0 Å². The summed E-state index contributed by atoms with van der Waals surface area (Å²) in [6, 6.07) is 7.33. The molecule has 1 aromatic rings. The summed E-state index contributed by atoms with van der Waals surface area (Å²) >= 11 is 5.95. The van der Waals surface area contributed by atoms with Crippen LogP contribution < -0.4 is 5.73 Å². The molecular weight excluding hydrogens is 286 g/mol. The molecule has 5 heteroatoms. The Hall–Kier alpha value is -1.52. The minimum Gasteiger partial charge on any atom is -0.388 e. The van der Waals surface area contributed by atoms with Crippen molar-refractivity contribution in [2.75, 3.05) is 6.54 Å². The molecule has 0 heterocycles. The van der Waals surface area contributed by atoms with E-state index in [0.29, 0.717) is 17.5 Å². The van der Waals surface area contributed by atoms with Gasteiger partial charge in [0.25, 0.3) is 0 Å². The van der Waals surface area contributed by atoms with E-state index in [1.54, 1.807) is 23.3 Å². The molecule has 114 valence electrons. The summed E-state index contributed by atoms with van der Waals surface area (Å²) < 4.78 is 0. The fourth-order valence-corrected chi connectivity index (χ4v) is 2.83. The second kappa shape index (κ2) is 6.50. The molecule has 1 aliphatic rings. The lowest BCUT2D eigenvalue weighted by Gasteiger charge is -2.37. The van der Waals surface area contributed by atoms with Crippen LogP contribution in [0.3, 0.4) is 0 Å². The number of halogens is 1. The molecule has 1 aliphatic carbocycles. The predicted octanol–water partition coefficient (Wildman–Crippen LogP) is 2.92. The third-order valence-corrected chi connectivity index (χ3v) is 4.51. The van der Waals surface area contributed by atoms with Crippen LogP contribution in [0.4, 0.5) is 0 Å². The first kappa shape index (κ1) is 15.9. The molecule has 0 spiro atoms. The Morgan fingerprint density at radius 3 is 2.62 bits per heavy atom. The van der Waals surface area contributed by atoms with Crippen LogP contribution >= 0.6 is 11.6 Å². The van der Waals surface area contributed by atoms with Gasteiger partial charge in [-0.3, -0.25) is 5.01 Å². The molecule has 2 rings (SSSR count). The van der Waals surface area contributed by atoms with Crippen LogP contribution in [-0.2, 0) is 5.60 Å². The monoisotopic (exact) mass is 307 g/mol.